The van der Waals surface area contributed by atoms with Gasteiger partial charge in [0.15, 0.2) is 0 Å². The van der Waals surface area contributed by atoms with Gasteiger partial charge < -0.3 is 4.98 Å². The summed E-state index contributed by atoms with van der Waals surface area (Å²) in [6.45, 7) is 3.40. The predicted molar refractivity (Wildman–Crippen MR) is 78.2 cm³/mol. The van der Waals surface area contributed by atoms with Crippen LogP contribution in [0.4, 0.5) is 0 Å². The average Bonchev–Trinajstić information content (AvgIpc) is 3.03. The molecule has 3 rings (SSSR count). The minimum atomic E-state index is -3.64. The van der Waals surface area contributed by atoms with Crippen LogP contribution in [0.2, 0.25) is 0 Å². The molecule has 3 aromatic rings. The second-order valence-corrected chi connectivity index (χ2v) is 6.52. The van der Waals surface area contributed by atoms with Crippen molar-refractivity contribution in [2.45, 2.75) is 24.8 Å². The number of nitrogens with one attached hydrogen (secondary N) is 3. The van der Waals surface area contributed by atoms with Crippen molar-refractivity contribution < 1.29 is 8.42 Å². The van der Waals surface area contributed by atoms with E-state index < -0.39 is 16.1 Å². The smallest absolute Gasteiger partial charge is 0.244 e. The molecule has 2 aromatic heterocycles. The van der Waals surface area contributed by atoms with Crippen molar-refractivity contribution in [3.05, 3.63) is 42.0 Å². The number of aromatic nitrogens is 4. The van der Waals surface area contributed by atoms with Crippen molar-refractivity contribution in [3.8, 4) is 0 Å². The molecule has 0 bridgehead atoms. The molecule has 0 spiro atoms. The van der Waals surface area contributed by atoms with Gasteiger partial charge in [-0.1, -0.05) is 12.1 Å². The first-order chi connectivity index (χ1) is 9.97. The molecule has 1 aromatic carbocycles. The van der Waals surface area contributed by atoms with Crippen LogP contribution in [0.25, 0.3) is 11.0 Å². The number of sulfonamides is 1. The summed E-state index contributed by atoms with van der Waals surface area (Å²) in [6, 6.07) is 7.07. The Hall–Kier alpha value is -2.19. The van der Waals surface area contributed by atoms with Gasteiger partial charge in [0.2, 0.25) is 10.0 Å². The Kier molecular flexibility index (Phi) is 3.26. The lowest BCUT2D eigenvalue weighted by Gasteiger charge is -2.11. The third kappa shape index (κ3) is 2.55. The highest BCUT2D eigenvalue weighted by atomic mass is 32.2. The van der Waals surface area contributed by atoms with E-state index in [2.05, 4.69) is 24.9 Å². The van der Waals surface area contributed by atoms with E-state index in [4.69, 9.17) is 0 Å². The number of nitrogens with zero attached hydrogens (tertiary/aromatic N) is 2. The van der Waals surface area contributed by atoms with Gasteiger partial charge in [0.25, 0.3) is 0 Å². The lowest BCUT2D eigenvalue weighted by molar-refractivity contribution is 0.561. The first kappa shape index (κ1) is 13.8. The Labute approximate surface area is 121 Å². The van der Waals surface area contributed by atoms with Gasteiger partial charge in [-0.25, -0.2) is 18.1 Å². The van der Waals surface area contributed by atoms with E-state index in [0.717, 1.165) is 11.0 Å². The third-order valence-corrected chi connectivity index (χ3v) is 4.88. The monoisotopic (exact) mass is 305 g/mol. The van der Waals surface area contributed by atoms with Gasteiger partial charge in [-0.15, -0.1) is 0 Å². The number of aromatic amines is 2. The molecule has 0 radical (unpaired) electrons. The molecular weight excluding hydrogens is 290 g/mol. The van der Waals surface area contributed by atoms with Gasteiger partial charge in [0, 0.05) is 0 Å². The van der Waals surface area contributed by atoms with Gasteiger partial charge in [-0.3, -0.25) is 5.10 Å². The van der Waals surface area contributed by atoms with Gasteiger partial charge >= 0.3 is 0 Å². The minimum Gasteiger partial charge on any atom is -0.341 e. The second kappa shape index (κ2) is 4.97. The Morgan fingerprint density at radius 1 is 1.29 bits per heavy atom. The second-order valence-electron chi connectivity index (χ2n) is 4.84. The van der Waals surface area contributed by atoms with Crippen LogP contribution in [0.3, 0.4) is 0 Å². The van der Waals surface area contributed by atoms with Crippen molar-refractivity contribution in [2.75, 3.05) is 0 Å². The Morgan fingerprint density at radius 2 is 2.05 bits per heavy atom. The van der Waals surface area contributed by atoms with Crippen molar-refractivity contribution in [1.29, 1.82) is 0 Å². The number of benzene rings is 1. The lowest BCUT2D eigenvalue weighted by Crippen LogP contribution is -2.27. The highest BCUT2D eigenvalue weighted by molar-refractivity contribution is 7.89. The van der Waals surface area contributed by atoms with Crippen LogP contribution in [0.5, 0.6) is 0 Å². The standard InChI is InChI=1S/C13H15N5O2S/c1-8-12(7-14-17-8)21(19,20)18-9(2)13-15-10-5-3-4-6-11(10)16-13/h3-7,9,18H,1-2H3,(H,14,17)(H,15,16). The van der Waals surface area contributed by atoms with E-state index in [1.165, 1.54) is 6.20 Å². The molecule has 0 saturated carbocycles. The summed E-state index contributed by atoms with van der Waals surface area (Å²) >= 11 is 0. The fourth-order valence-electron chi connectivity index (χ4n) is 2.14. The van der Waals surface area contributed by atoms with Crippen LogP contribution in [0.15, 0.2) is 35.4 Å². The zero-order valence-electron chi connectivity index (χ0n) is 11.6. The lowest BCUT2D eigenvalue weighted by atomic mass is 10.3. The normalized spacial score (nSPS) is 13.6. The van der Waals surface area contributed by atoms with Crippen LogP contribution >= 0.6 is 0 Å². The average molecular weight is 305 g/mol. The molecule has 0 aliphatic heterocycles. The van der Waals surface area contributed by atoms with E-state index in [1.807, 2.05) is 24.3 Å². The first-order valence-electron chi connectivity index (χ1n) is 6.44. The molecule has 7 nitrogen and oxygen atoms in total. The molecule has 8 heteroatoms. The molecule has 0 saturated heterocycles. The van der Waals surface area contributed by atoms with Crippen LogP contribution in [-0.2, 0) is 10.0 Å². The maximum Gasteiger partial charge on any atom is 0.244 e. The summed E-state index contributed by atoms with van der Waals surface area (Å²) in [6.07, 6.45) is 1.29. The van der Waals surface area contributed by atoms with Crippen LogP contribution < -0.4 is 4.72 Å². The number of para-hydroxylation sites is 2. The minimum absolute atomic E-state index is 0.144. The number of imidazole rings is 1. The van der Waals surface area contributed by atoms with Crippen molar-refractivity contribution in [3.63, 3.8) is 0 Å². The zero-order valence-corrected chi connectivity index (χ0v) is 12.4. The molecule has 21 heavy (non-hydrogen) atoms. The molecule has 0 amide bonds. The fourth-order valence-corrected chi connectivity index (χ4v) is 3.48. The van der Waals surface area contributed by atoms with Gasteiger partial charge in [-0.2, -0.15) is 5.10 Å². The van der Waals surface area contributed by atoms with E-state index in [9.17, 15) is 8.42 Å². The molecule has 2 heterocycles. The molecule has 110 valence electrons. The van der Waals surface area contributed by atoms with Crippen LogP contribution in [0, 0.1) is 6.92 Å². The Bertz CT molecular complexity index is 848. The topological polar surface area (TPSA) is 104 Å². The maximum atomic E-state index is 12.3. The molecule has 1 unspecified atom stereocenters. The van der Waals surface area contributed by atoms with E-state index in [1.54, 1.807) is 13.8 Å². The number of hydrogen-bond acceptors (Lipinski definition) is 4. The molecule has 3 N–H and O–H groups in total. The number of aryl methyl sites for hydroxylation is 1. The van der Waals surface area contributed by atoms with Gasteiger partial charge in [0.1, 0.15) is 10.7 Å². The summed E-state index contributed by atoms with van der Waals surface area (Å²) in [5, 5.41) is 6.35. The predicted octanol–water partition coefficient (Wildman–Crippen LogP) is 1.63. The van der Waals surface area contributed by atoms with Gasteiger partial charge in [0.05, 0.1) is 29.0 Å². The molecule has 0 fully saturated rings. The summed E-state index contributed by atoms with van der Waals surface area (Å²) in [5.74, 6) is 0.570. The molecule has 0 aliphatic carbocycles. The van der Waals surface area contributed by atoms with E-state index in [-0.39, 0.29) is 4.90 Å². The number of fused-ring (bicyclic) bond motifs is 1. The Morgan fingerprint density at radius 3 is 2.71 bits per heavy atom. The number of rotatable bonds is 4. The van der Waals surface area contributed by atoms with Crippen LogP contribution in [0.1, 0.15) is 24.5 Å². The molecule has 1 atom stereocenters. The maximum absolute atomic E-state index is 12.3. The van der Waals surface area contributed by atoms with E-state index in [0.29, 0.717) is 11.5 Å². The Balaban J connectivity index is 1.89. The van der Waals surface area contributed by atoms with Crippen molar-refractivity contribution in [2.24, 2.45) is 0 Å². The summed E-state index contributed by atoms with van der Waals surface area (Å²) < 4.78 is 27.2. The van der Waals surface area contributed by atoms with Crippen LogP contribution in [-0.4, -0.2) is 28.6 Å². The number of H-pyrrole nitrogens is 2. The first-order valence-corrected chi connectivity index (χ1v) is 7.92. The highest BCUT2D eigenvalue weighted by Gasteiger charge is 2.23. The summed E-state index contributed by atoms with van der Waals surface area (Å²) in [5.41, 5.74) is 2.18. The molecular formula is C13H15N5O2S. The third-order valence-electron chi connectivity index (χ3n) is 3.22. The quantitative estimate of drug-likeness (QED) is 0.681. The summed E-state index contributed by atoms with van der Waals surface area (Å²) in [4.78, 5) is 7.65. The SMILES string of the molecule is Cc1[nH]ncc1S(=O)(=O)NC(C)c1nc2ccccc2[nH]1. The van der Waals surface area contributed by atoms with E-state index >= 15 is 0 Å². The number of hydrogen-bond donors (Lipinski definition) is 3. The zero-order chi connectivity index (χ0) is 15.0. The van der Waals surface area contributed by atoms with Crippen molar-refractivity contribution >= 4 is 21.1 Å². The van der Waals surface area contributed by atoms with Crippen molar-refractivity contribution in [1.82, 2.24) is 24.9 Å². The largest absolute Gasteiger partial charge is 0.341 e. The highest BCUT2D eigenvalue weighted by Crippen LogP contribution is 2.19. The fraction of sp³-hybridized carbons (Fsp3) is 0.231. The van der Waals surface area contributed by atoms with Gasteiger partial charge in [-0.05, 0) is 26.0 Å². The summed E-state index contributed by atoms with van der Waals surface area (Å²) in [7, 11) is -3.64. The molecule has 0 aliphatic rings.